The summed E-state index contributed by atoms with van der Waals surface area (Å²) >= 11 is 0. The Balaban J connectivity index is 1.76. The van der Waals surface area contributed by atoms with Gasteiger partial charge in [-0.15, -0.1) is 0 Å². The number of hydrogen-bond acceptors (Lipinski definition) is 18. The minimum absolute atomic E-state index is 0.669. The predicted octanol–water partition coefficient (Wildman–Crippen LogP) is -8.88. The number of rotatable bonds is 8. The number of ether oxygens (including phenoxy) is 5. The zero-order valence-corrected chi connectivity index (χ0v) is 19.1. The molecular weight excluding hydrogens is 494 g/mol. The van der Waals surface area contributed by atoms with Crippen molar-refractivity contribution < 1.29 is 64.5 Å². The van der Waals surface area contributed by atoms with Gasteiger partial charge in [0, 0.05) is 0 Å². The van der Waals surface area contributed by atoms with Crippen LogP contribution in [0.3, 0.4) is 0 Å². The molecule has 0 aliphatic carbocycles. The van der Waals surface area contributed by atoms with E-state index in [1.165, 1.54) is 0 Å². The Morgan fingerprint density at radius 3 is 1.75 bits per heavy atom. The lowest BCUT2D eigenvalue weighted by Gasteiger charge is -2.50. The maximum absolute atomic E-state index is 10.9. The highest BCUT2D eigenvalue weighted by atomic mass is 16.7. The van der Waals surface area contributed by atoms with E-state index in [-0.39, 0.29) is 0 Å². The van der Waals surface area contributed by atoms with Crippen LogP contribution in [0.2, 0.25) is 0 Å². The number of nitrogens with one attached hydrogen (secondary N) is 1. The first-order valence-electron chi connectivity index (χ1n) is 11.2. The van der Waals surface area contributed by atoms with Gasteiger partial charge >= 0.3 is 0 Å². The lowest BCUT2D eigenvalue weighted by atomic mass is 9.92. The standard InChI is InChI=1S/C18H37N5O13/c19-6-9(27)12(4(1-24)32-15(6)31)34-16-7(20)10(28)13(5(2-25)33-16)35-17-8(21)11(29)14(30)18(3-26,23-22)36-17/h4-17,23-31H,1-3,19-22H2/t4-,5-,6-,7-,8-,9-,10-,11-,12?,13?,14+,15-,16+,17+,18-/m1/s1. The van der Waals surface area contributed by atoms with E-state index in [1.807, 2.05) is 0 Å². The highest BCUT2D eigenvalue weighted by molar-refractivity contribution is 5.01. The molecule has 0 amide bonds. The van der Waals surface area contributed by atoms with E-state index in [2.05, 4.69) is 5.43 Å². The van der Waals surface area contributed by atoms with E-state index in [9.17, 15) is 40.9 Å². The smallest absolute Gasteiger partial charge is 0.186 e. The molecule has 3 rings (SSSR count). The molecule has 3 saturated heterocycles. The van der Waals surface area contributed by atoms with Crippen molar-refractivity contribution in [1.82, 2.24) is 5.43 Å². The van der Waals surface area contributed by atoms with Crippen molar-refractivity contribution in [2.75, 3.05) is 19.8 Å². The van der Waals surface area contributed by atoms with E-state index >= 15 is 0 Å². The molecule has 17 N–H and O–H groups in total. The predicted molar refractivity (Wildman–Crippen MR) is 113 cm³/mol. The highest BCUT2D eigenvalue weighted by Gasteiger charge is 2.56. The summed E-state index contributed by atoms with van der Waals surface area (Å²) in [5, 5.41) is 80.7. The summed E-state index contributed by atoms with van der Waals surface area (Å²) in [5.41, 5.74) is 17.7. The SMILES string of the molecule is NN[C@]1(CO)O[C@H](OC2[C@@H](CO)O[C@@H](OC3[C@@H](CO)O[C@@H](O)[C@H](N)[C@H]3O)[C@H](N)[C@H]2O)[C@H](N)[C@@H](O)[C@@H]1O. The van der Waals surface area contributed by atoms with Gasteiger partial charge in [-0.3, -0.25) is 5.84 Å². The van der Waals surface area contributed by atoms with Crippen LogP contribution in [-0.2, 0) is 23.7 Å². The summed E-state index contributed by atoms with van der Waals surface area (Å²) in [6, 6.07) is -4.06. The van der Waals surface area contributed by atoms with Crippen LogP contribution in [0.1, 0.15) is 0 Å². The molecule has 0 saturated carbocycles. The normalized spacial score (nSPS) is 52.3. The summed E-state index contributed by atoms with van der Waals surface area (Å²) in [6.45, 7) is -2.31. The van der Waals surface area contributed by atoms with Crippen molar-refractivity contribution in [3.63, 3.8) is 0 Å². The number of hydrazine groups is 1. The van der Waals surface area contributed by atoms with Gasteiger partial charge in [-0.25, -0.2) is 5.43 Å². The highest BCUT2D eigenvalue weighted by Crippen LogP contribution is 2.32. The van der Waals surface area contributed by atoms with Gasteiger partial charge < -0.3 is 81.7 Å². The fraction of sp³-hybridized carbons (Fsp3) is 1.00. The second-order valence-corrected chi connectivity index (χ2v) is 9.00. The summed E-state index contributed by atoms with van der Waals surface area (Å²) in [5.74, 6) is 5.38. The van der Waals surface area contributed by atoms with Crippen LogP contribution < -0.4 is 28.5 Å². The van der Waals surface area contributed by atoms with Gasteiger partial charge in [0.15, 0.2) is 24.6 Å². The Hall–Kier alpha value is -0.720. The molecule has 18 nitrogen and oxygen atoms in total. The monoisotopic (exact) mass is 531 g/mol. The number of aliphatic hydroxyl groups excluding tert-OH is 8. The molecule has 0 bridgehead atoms. The van der Waals surface area contributed by atoms with Crippen LogP contribution in [0.5, 0.6) is 0 Å². The summed E-state index contributed by atoms with van der Waals surface area (Å²) < 4.78 is 27.6. The van der Waals surface area contributed by atoms with Crippen molar-refractivity contribution in [2.45, 2.75) is 91.6 Å². The van der Waals surface area contributed by atoms with Gasteiger partial charge in [0.1, 0.15) is 48.8 Å². The third-order valence-electron chi connectivity index (χ3n) is 6.72. The van der Waals surface area contributed by atoms with E-state index in [1.54, 1.807) is 0 Å². The molecular formula is C18H37N5O13. The third-order valence-corrected chi connectivity index (χ3v) is 6.72. The van der Waals surface area contributed by atoms with Crippen LogP contribution in [0.25, 0.3) is 0 Å². The van der Waals surface area contributed by atoms with Crippen LogP contribution in [-0.4, -0.2) is 152 Å². The quantitative estimate of drug-likeness (QED) is 0.102. The lowest BCUT2D eigenvalue weighted by molar-refractivity contribution is -0.364. The van der Waals surface area contributed by atoms with Crippen LogP contribution in [0.4, 0.5) is 0 Å². The molecule has 3 heterocycles. The van der Waals surface area contributed by atoms with Gasteiger partial charge in [0.2, 0.25) is 0 Å². The Bertz CT molecular complexity index is 706. The molecule has 0 radical (unpaired) electrons. The average Bonchev–Trinajstić information content (AvgIpc) is 2.88. The fourth-order valence-corrected chi connectivity index (χ4v) is 4.38. The number of hydrogen-bond donors (Lipinski definition) is 13. The molecule has 0 spiro atoms. The van der Waals surface area contributed by atoms with Gasteiger partial charge in [0.05, 0.1) is 37.9 Å². The van der Waals surface area contributed by atoms with Crippen molar-refractivity contribution in [3.05, 3.63) is 0 Å². The Kier molecular flexibility index (Phi) is 9.93. The molecule has 3 fully saturated rings. The zero-order valence-electron chi connectivity index (χ0n) is 19.1. The van der Waals surface area contributed by atoms with Gasteiger partial charge in [0.25, 0.3) is 0 Å². The molecule has 2 unspecified atom stereocenters. The van der Waals surface area contributed by atoms with E-state index in [0.29, 0.717) is 0 Å². The summed E-state index contributed by atoms with van der Waals surface area (Å²) in [4.78, 5) is 0. The third kappa shape index (κ3) is 5.38. The molecule has 15 atom stereocenters. The topological polar surface area (TPSA) is 324 Å². The van der Waals surface area contributed by atoms with Crippen LogP contribution in [0.15, 0.2) is 0 Å². The first-order chi connectivity index (χ1) is 17.0. The molecule has 18 heteroatoms. The van der Waals surface area contributed by atoms with Crippen molar-refractivity contribution in [3.8, 4) is 0 Å². The van der Waals surface area contributed by atoms with E-state index in [4.69, 9.17) is 46.7 Å². The molecule has 36 heavy (non-hydrogen) atoms. The zero-order chi connectivity index (χ0) is 26.9. The second-order valence-electron chi connectivity index (χ2n) is 9.00. The van der Waals surface area contributed by atoms with E-state index < -0.39 is 111 Å². The Labute approximate surface area is 205 Å². The van der Waals surface area contributed by atoms with E-state index in [0.717, 1.165) is 0 Å². The summed E-state index contributed by atoms with van der Waals surface area (Å²) in [7, 11) is 0. The number of nitrogens with two attached hydrogens (primary N) is 4. The maximum atomic E-state index is 10.9. The van der Waals surface area contributed by atoms with Gasteiger partial charge in [-0.2, -0.15) is 0 Å². The van der Waals surface area contributed by atoms with Gasteiger partial charge in [-0.05, 0) is 0 Å². The molecule has 3 aliphatic heterocycles. The minimum atomic E-state index is -2.07. The average molecular weight is 532 g/mol. The second kappa shape index (κ2) is 12.0. The van der Waals surface area contributed by atoms with Crippen molar-refractivity contribution in [2.24, 2.45) is 23.0 Å². The first kappa shape index (κ1) is 29.8. The first-order valence-corrected chi connectivity index (χ1v) is 11.2. The molecule has 0 aromatic heterocycles. The fourth-order valence-electron chi connectivity index (χ4n) is 4.38. The molecule has 0 aromatic carbocycles. The lowest BCUT2D eigenvalue weighted by Crippen LogP contribution is -2.75. The van der Waals surface area contributed by atoms with Crippen molar-refractivity contribution in [1.29, 1.82) is 0 Å². The maximum Gasteiger partial charge on any atom is 0.186 e. The Morgan fingerprint density at radius 1 is 0.722 bits per heavy atom. The van der Waals surface area contributed by atoms with Crippen molar-refractivity contribution >= 4 is 0 Å². The van der Waals surface area contributed by atoms with Crippen LogP contribution >= 0.6 is 0 Å². The van der Waals surface area contributed by atoms with Gasteiger partial charge in [-0.1, -0.05) is 0 Å². The molecule has 0 aromatic rings. The summed E-state index contributed by atoms with van der Waals surface area (Å²) in [6.07, 6.45) is -16.5. The largest absolute Gasteiger partial charge is 0.394 e. The van der Waals surface area contributed by atoms with Crippen LogP contribution in [0, 0.1) is 0 Å². The molecule has 212 valence electrons. The molecule has 3 aliphatic rings. The minimum Gasteiger partial charge on any atom is -0.394 e. The Morgan fingerprint density at radius 2 is 1.22 bits per heavy atom. The number of aliphatic hydroxyl groups is 8.